The number of hydrogen-bond donors (Lipinski definition) is 1. The maximum Gasteiger partial charge on any atom is 0.371 e. The third-order valence-electron chi connectivity index (χ3n) is 4.15. The molecule has 0 saturated heterocycles. The molecule has 1 N–H and O–H groups in total. The van der Waals surface area contributed by atoms with Crippen LogP contribution in [0.4, 0.5) is 0 Å². The van der Waals surface area contributed by atoms with E-state index in [4.69, 9.17) is 9.52 Å². The van der Waals surface area contributed by atoms with Gasteiger partial charge in [-0.1, -0.05) is 77.6 Å². The molecule has 1 aromatic heterocycles. The molecular weight excluding hydrogens is 276 g/mol. The first kappa shape index (κ1) is 18.8. The van der Waals surface area contributed by atoms with E-state index >= 15 is 0 Å². The highest BCUT2D eigenvalue weighted by Crippen LogP contribution is 2.14. The molecule has 1 rings (SSSR count). The van der Waals surface area contributed by atoms with E-state index in [0.717, 1.165) is 18.6 Å². The lowest BCUT2D eigenvalue weighted by atomic mass is 10.0. The fourth-order valence-corrected chi connectivity index (χ4v) is 2.77. The van der Waals surface area contributed by atoms with Crippen LogP contribution in [0.3, 0.4) is 0 Å². The highest BCUT2D eigenvalue weighted by atomic mass is 16.4. The molecule has 0 spiro atoms. The molecule has 3 heteroatoms. The average molecular weight is 308 g/mol. The van der Waals surface area contributed by atoms with Crippen LogP contribution in [0.1, 0.15) is 100 Å². The van der Waals surface area contributed by atoms with Gasteiger partial charge in [0.1, 0.15) is 5.76 Å². The van der Waals surface area contributed by atoms with Gasteiger partial charge in [-0.25, -0.2) is 4.79 Å². The molecule has 1 aromatic rings. The fraction of sp³-hybridized carbons (Fsp3) is 0.737. The summed E-state index contributed by atoms with van der Waals surface area (Å²) in [7, 11) is 0. The Morgan fingerprint density at radius 3 is 1.82 bits per heavy atom. The molecule has 0 unspecified atom stereocenters. The minimum absolute atomic E-state index is 0.0499. The van der Waals surface area contributed by atoms with Crippen molar-refractivity contribution in [3.8, 4) is 0 Å². The number of aromatic carboxylic acids is 1. The van der Waals surface area contributed by atoms with Gasteiger partial charge in [-0.15, -0.1) is 0 Å². The first-order valence-electron chi connectivity index (χ1n) is 9.06. The van der Waals surface area contributed by atoms with E-state index in [9.17, 15) is 4.79 Å². The van der Waals surface area contributed by atoms with Crippen molar-refractivity contribution in [2.24, 2.45) is 0 Å². The topological polar surface area (TPSA) is 50.4 Å². The normalized spacial score (nSPS) is 11.0. The van der Waals surface area contributed by atoms with Crippen molar-refractivity contribution in [2.75, 3.05) is 0 Å². The zero-order valence-corrected chi connectivity index (χ0v) is 14.1. The van der Waals surface area contributed by atoms with Gasteiger partial charge in [0.25, 0.3) is 0 Å². The Morgan fingerprint density at radius 2 is 1.36 bits per heavy atom. The second kappa shape index (κ2) is 12.3. The van der Waals surface area contributed by atoms with E-state index < -0.39 is 5.97 Å². The second-order valence-corrected chi connectivity index (χ2v) is 6.21. The van der Waals surface area contributed by atoms with Crippen LogP contribution in [0.25, 0.3) is 0 Å². The Morgan fingerprint density at radius 1 is 0.864 bits per heavy atom. The van der Waals surface area contributed by atoms with Gasteiger partial charge in [-0.05, 0) is 18.6 Å². The standard InChI is InChI=1S/C19H32O3/c1-2-3-4-5-6-7-8-9-10-11-12-13-14-17-15-16-18(22-17)19(20)21/h15-16H,2-14H2,1H3,(H,20,21). The lowest BCUT2D eigenvalue weighted by Crippen LogP contribution is -1.92. The summed E-state index contributed by atoms with van der Waals surface area (Å²) in [6.45, 7) is 2.26. The highest BCUT2D eigenvalue weighted by molar-refractivity contribution is 5.84. The van der Waals surface area contributed by atoms with Gasteiger partial charge in [0.05, 0.1) is 0 Å². The smallest absolute Gasteiger partial charge is 0.371 e. The molecule has 3 nitrogen and oxygen atoms in total. The van der Waals surface area contributed by atoms with Crippen molar-refractivity contribution in [3.63, 3.8) is 0 Å². The summed E-state index contributed by atoms with van der Waals surface area (Å²) in [4.78, 5) is 10.7. The maximum absolute atomic E-state index is 10.7. The molecule has 0 radical (unpaired) electrons. The summed E-state index contributed by atoms with van der Waals surface area (Å²) in [5, 5.41) is 8.78. The van der Waals surface area contributed by atoms with Crippen LogP contribution in [0.15, 0.2) is 16.5 Å². The lowest BCUT2D eigenvalue weighted by Gasteiger charge is -2.02. The maximum atomic E-state index is 10.7. The van der Waals surface area contributed by atoms with E-state index in [0.29, 0.717) is 0 Å². The molecular formula is C19H32O3. The summed E-state index contributed by atoms with van der Waals surface area (Å²) in [6.07, 6.45) is 16.8. The molecule has 0 bridgehead atoms. The monoisotopic (exact) mass is 308 g/mol. The Kier molecular flexibility index (Phi) is 10.5. The number of carboxylic acids is 1. The average Bonchev–Trinajstić information content (AvgIpc) is 2.97. The van der Waals surface area contributed by atoms with Crippen molar-refractivity contribution in [3.05, 3.63) is 23.7 Å². The van der Waals surface area contributed by atoms with Crippen LogP contribution in [0, 0.1) is 0 Å². The zero-order chi connectivity index (χ0) is 16.0. The fourth-order valence-electron chi connectivity index (χ4n) is 2.77. The molecule has 22 heavy (non-hydrogen) atoms. The zero-order valence-electron chi connectivity index (χ0n) is 14.1. The molecule has 0 aromatic carbocycles. The number of furan rings is 1. The minimum Gasteiger partial charge on any atom is -0.475 e. The summed E-state index contributed by atoms with van der Waals surface area (Å²) in [6, 6.07) is 3.32. The van der Waals surface area contributed by atoms with E-state index in [1.54, 1.807) is 6.07 Å². The molecule has 0 amide bonds. The number of aryl methyl sites for hydroxylation is 1. The third-order valence-corrected chi connectivity index (χ3v) is 4.15. The summed E-state index contributed by atoms with van der Waals surface area (Å²) in [5.41, 5.74) is 0. The Labute approximate surface area is 135 Å². The molecule has 0 fully saturated rings. The number of unbranched alkanes of at least 4 members (excludes halogenated alkanes) is 11. The highest BCUT2D eigenvalue weighted by Gasteiger charge is 2.08. The second-order valence-electron chi connectivity index (χ2n) is 6.21. The number of carboxylic acid groups (broad SMARTS) is 1. The number of carbonyl (C=O) groups is 1. The Balaban J connectivity index is 1.86. The molecule has 1 heterocycles. The predicted octanol–water partition coefficient (Wildman–Crippen LogP) is 6.22. The molecule has 126 valence electrons. The van der Waals surface area contributed by atoms with E-state index in [2.05, 4.69) is 6.92 Å². The predicted molar refractivity (Wildman–Crippen MR) is 90.4 cm³/mol. The van der Waals surface area contributed by atoms with Crippen molar-refractivity contribution < 1.29 is 14.3 Å². The van der Waals surface area contributed by atoms with Gasteiger partial charge < -0.3 is 9.52 Å². The Hall–Kier alpha value is -1.25. The Bertz CT molecular complexity index is 395. The third kappa shape index (κ3) is 8.91. The van der Waals surface area contributed by atoms with E-state index in [1.165, 1.54) is 76.7 Å². The summed E-state index contributed by atoms with van der Waals surface area (Å²) < 4.78 is 5.25. The molecule has 0 aliphatic rings. The SMILES string of the molecule is CCCCCCCCCCCCCCc1ccc(C(=O)O)o1. The number of rotatable bonds is 14. The molecule has 0 aliphatic heterocycles. The van der Waals surface area contributed by atoms with Crippen LogP contribution < -0.4 is 0 Å². The summed E-state index contributed by atoms with van der Waals surface area (Å²) >= 11 is 0. The minimum atomic E-state index is -0.985. The lowest BCUT2D eigenvalue weighted by molar-refractivity contribution is 0.0660. The first-order valence-corrected chi connectivity index (χ1v) is 9.06. The van der Waals surface area contributed by atoms with Crippen LogP contribution in [0.2, 0.25) is 0 Å². The van der Waals surface area contributed by atoms with Gasteiger partial charge in [0, 0.05) is 6.42 Å². The first-order chi connectivity index (χ1) is 10.7. The van der Waals surface area contributed by atoms with E-state index in [1.807, 2.05) is 0 Å². The molecule has 0 saturated carbocycles. The van der Waals surface area contributed by atoms with E-state index in [-0.39, 0.29) is 5.76 Å². The van der Waals surface area contributed by atoms with Gasteiger partial charge in [0.2, 0.25) is 5.76 Å². The van der Waals surface area contributed by atoms with Gasteiger partial charge >= 0.3 is 5.97 Å². The quantitative estimate of drug-likeness (QED) is 0.415. The number of hydrogen-bond acceptors (Lipinski definition) is 2. The van der Waals surface area contributed by atoms with Crippen molar-refractivity contribution >= 4 is 5.97 Å². The van der Waals surface area contributed by atoms with Crippen molar-refractivity contribution in [2.45, 2.75) is 90.4 Å². The summed E-state index contributed by atoms with van der Waals surface area (Å²) in [5.74, 6) is -0.139. The molecule has 0 aliphatic carbocycles. The van der Waals surface area contributed by atoms with Crippen LogP contribution in [0.5, 0.6) is 0 Å². The molecule has 0 atom stereocenters. The van der Waals surface area contributed by atoms with Gasteiger partial charge in [-0.2, -0.15) is 0 Å². The van der Waals surface area contributed by atoms with Crippen LogP contribution in [-0.4, -0.2) is 11.1 Å². The van der Waals surface area contributed by atoms with Gasteiger partial charge in [0.15, 0.2) is 0 Å². The van der Waals surface area contributed by atoms with Gasteiger partial charge in [-0.3, -0.25) is 0 Å². The largest absolute Gasteiger partial charge is 0.475 e. The van der Waals surface area contributed by atoms with Crippen molar-refractivity contribution in [1.29, 1.82) is 0 Å². The van der Waals surface area contributed by atoms with Crippen molar-refractivity contribution in [1.82, 2.24) is 0 Å². The van der Waals surface area contributed by atoms with Crippen LogP contribution >= 0.6 is 0 Å². The van der Waals surface area contributed by atoms with Crippen LogP contribution in [-0.2, 0) is 6.42 Å².